The van der Waals surface area contributed by atoms with Gasteiger partial charge in [-0.05, 0) is 26.3 Å². The van der Waals surface area contributed by atoms with Gasteiger partial charge in [-0.25, -0.2) is 17.9 Å². The number of thiophene rings is 1. The topological polar surface area (TPSA) is 83.5 Å². The second kappa shape index (κ2) is 4.75. The van der Waals surface area contributed by atoms with Crippen LogP contribution in [0.25, 0.3) is 0 Å². The monoisotopic (exact) mass is 277 g/mol. The molecule has 7 heteroatoms. The Labute approximate surface area is 105 Å². The second-order valence-corrected chi connectivity index (χ2v) is 7.12. The minimum absolute atomic E-state index is 0.00956. The first-order chi connectivity index (χ1) is 7.68. The van der Waals surface area contributed by atoms with Crippen LogP contribution in [0.2, 0.25) is 0 Å². The van der Waals surface area contributed by atoms with Crippen molar-refractivity contribution in [3.05, 3.63) is 17.0 Å². The summed E-state index contributed by atoms with van der Waals surface area (Å²) in [5.74, 6) is -1.13. The molecule has 0 amide bonds. The average Bonchev–Trinajstić information content (AvgIpc) is 2.65. The molecule has 0 aromatic carbocycles. The summed E-state index contributed by atoms with van der Waals surface area (Å²) < 4.78 is 26.5. The van der Waals surface area contributed by atoms with Crippen molar-refractivity contribution in [3.63, 3.8) is 0 Å². The van der Waals surface area contributed by atoms with Crippen LogP contribution in [0.5, 0.6) is 0 Å². The molecule has 0 saturated carbocycles. The van der Waals surface area contributed by atoms with Crippen molar-refractivity contribution in [2.45, 2.75) is 36.9 Å². The fraction of sp³-hybridized carbons (Fsp3) is 0.500. The Kier molecular flexibility index (Phi) is 3.95. The van der Waals surface area contributed by atoms with Gasteiger partial charge in [-0.2, -0.15) is 0 Å². The van der Waals surface area contributed by atoms with Gasteiger partial charge < -0.3 is 5.11 Å². The van der Waals surface area contributed by atoms with E-state index >= 15 is 0 Å². The van der Waals surface area contributed by atoms with Gasteiger partial charge in [0, 0.05) is 10.9 Å². The molecular weight excluding hydrogens is 262 g/mol. The van der Waals surface area contributed by atoms with Gasteiger partial charge in [0.2, 0.25) is 0 Å². The number of hydrogen-bond acceptors (Lipinski definition) is 4. The lowest BCUT2D eigenvalue weighted by atomic mass is 10.0. The van der Waals surface area contributed by atoms with E-state index in [9.17, 15) is 13.2 Å². The van der Waals surface area contributed by atoms with Crippen molar-refractivity contribution in [1.82, 2.24) is 4.72 Å². The molecule has 0 fully saturated rings. The van der Waals surface area contributed by atoms with E-state index in [0.717, 1.165) is 11.3 Å². The summed E-state index contributed by atoms with van der Waals surface area (Å²) in [6.45, 7) is 5.42. The molecule has 0 bridgehead atoms. The zero-order valence-electron chi connectivity index (χ0n) is 9.85. The number of nitrogens with one attached hydrogen (secondary N) is 1. The van der Waals surface area contributed by atoms with Gasteiger partial charge in [-0.1, -0.05) is 6.92 Å². The van der Waals surface area contributed by atoms with E-state index in [0.29, 0.717) is 6.42 Å². The number of carboxylic acid groups (broad SMARTS) is 1. The first-order valence-corrected chi connectivity index (χ1v) is 7.40. The Bertz CT molecular complexity index is 516. The maximum atomic E-state index is 11.9. The zero-order chi connectivity index (χ0) is 13.3. The molecule has 0 aliphatic heterocycles. The molecule has 5 nitrogen and oxygen atoms in total. The van der Waals surface area contributed by atoms with Crippen molar-refractivity contribution in [2.24, 2.45) is 0 Å². The first-order valence-electron chi connectivity index (χ1n) is 5.04. The van der Waals surface area contributed by atoms with E-state index in [1.165, 1.54) is 11.4 Å². The van der Waals surface area contributed by atoms with Gasteiger partial charge in [-0.15, -0.1) is 11.3 Å². The average molecular weight is 277 g/mol. The van der Waals surface area contributed by atoms with Crippen LogP contribution in [0.1, 0.15) is 37.6 Å². The summed E-state index contributed by atoms with van der Waals surface area (Å²) in [4.78, 5) is 10.7. The largest absolute Gasteiger partial charge is 0.478 e. The Morgan fingerprint density at radius 2 is 2.12 bits per heavy atom. The summed E-state index contributed by atoms with van der Waals surface area (Å²) in [6.07, 6.45) is 0.642. The number of rotatable bonds is 5. The highest BCUT2D eigenvalue weighted by molar-refractivity contribution is 7.91. The molecule has 1 rings (SSSR count). The summed E-state index contributed by atoms with van der Waals surface area (Å²) in [5.41, 5.74) is -0.559. The molecule has 0 spiro atoms. The molecule has 96 valence electrons. The minimum Gasteiger partial charge on any atom is -0.478 e. The van der Waals surface area contributed by atoms with E-state index in [-0.39, 0.29) is 9.77 Å². The molecule has 0 radical (unpaired) electrons. The van der Waals surface area contributed by atoms with Gasteiger partial charge in [0.15, 0.2) is 0 Å². The molecule has 1 aromatic rings. The van der Waals surface area contributed by atoms with Crippen LogP contribution < -0.4 is 4.72 Å². The lowest BCUT2D eigenvalue weighted by Crippen LogP contribution is -2.42. The van der Waals surface area contributed by atoms with E-state index in [1.807, 2.05) is 6.92 Å². The van der Waals surface area contributed by atoms with Gasteiger partial charge in [0.25, 0.3) is 10.0 Å². The summed E-state index contributed by atoms with van der Waals surface area (Å²) in [6, 6.07) is 1.17. The summed E-state index contributed by atoms with van der Waals surface area (Å²) in [7, 11) is -3.64. The fourth-order valence-electron chi connectivity index (χ4n) is 1.06. The quantitative estimate of drug-likeness (QED) is 0.861. The summed E-state index contributed by atoms with van der Waals surface area (Å²) in [5, 5.41) is 10.0. The molecule has 1 aromatic heterocycles. The van der Waals surface area contributed by atoms with Gasteiger partial charge >= 0.3 is 5.97 Å². The molecule has 0 aliphatic rings. The molecule has 0 aliphatic carbocycles. The number of aromatic carboxylic acids is 1. The maximum absolute atomic E-state index is 11.9. The van der Waals surface area contributed by atoms with Crippen LogP contribution in [-0.2, 0) is 10.0 Å². The third kappa shape index (κ3) is 3.52. The van der Waals surface area contributed by atoms with Crippen LogP contribution in [0.4, 0.5) is 0 Å². The second-order valence-electron chi connectivity index (χ2n) is 4.30. The summed E-state index contributed by atoms with van der Waals surface area (Å²) >= 11 is 0.905. The predicted octanol–water partition coefficient (Wildman–Crippen LogP) is 1.91. The number of hydrogen-bond donors (Lipinski definition) is 2. The van der Waals surface area contributed by atoms with Gasteiger partial charge in [0.05, 0.1) is 5.56 Å². The van der Waals surface area contributed by atoms with Crippen LogP contribution in [-0.4, -0.2) is 25.0 Å². The number of sulfonamides is 1. The van der Waals surface area contributed by atoms with Crippen molar-refractivity contribution in [1.29, 1.82) is 0 Å². The van der Waals surface area contributed by atoms with Crippen LogP contribution in [0.15, 0.2) is 15.7 Å². The Hall–Kier alpha value is -0.920. The smallest absolute Gasteiger partial charge is 0.336 e. The highest BCUT2D eigenvalue weighted by atomic mass is 32.2. The molecular formula is C10H15NO4S2. The third-order valence-corrected chi connectivity index (χ3v) is 5.52. The van der Waals surface area contributed by atoms with E-state index in [2.05, 4.69) is 4.72 Å². The van der Waals surface area contributed by atoms with Crippen LogP contribution in [0.3, 0.4) is 0 Å². The Morgan fingerprint density at radius 3 is 2.53 bits per heavy atom. The minimum atomic E-state index is -3.64. The molecule has 17 heavy (non-hydrogen) atoms. The standard InChI is InChI=1S/C10H15NO4S2/c1-4-10(2,3)11-17(14,15)8-5-7(6-16-8)9(12)13/h5-6,11H,4H2,1-3H3,(H,12,13). The predicted molar refractivity (Wildman–Crippen MR) is 66.0 cm³/mol. The van der Waals surface area contributed by atoms with Crippen molar-refractivity contribution >= 4 is 27.3 Å². The van der Waals surface area contributed by atoms with Crippen molar-refractivity contribution in [2.75, 3.05) is 0 Å². The maximum Gasteiger partial charge on any atom is 0.336 e. The van der Waals surface area contributed by atoms with Gasteiger partial charge in [-0.3, -0.25) is 0 Å². The van der Waals surface area contributed by atoms with Crippen LogP contribution >= 0.6 is 11.3 Å². The highest BCUT2D eigenvalue weighted by Gasteiger charge is 2.26. The Balaban J connectivity index is 3.02. The number of carboxylic acids is 1. The van der Waals surface area contributed by atoms with Crippen molar-refractivity contribution in [3.8, 4) is 0 Å². The molecule has 0 saturated heterocycles. The third-order valence-electron chi connectivity index (χ3n) is 2.38. The van der Waals surface area contributed by atoms with E-state index in [4.69, 9.17) is 5.11 Å². The lowest BCUT2D eigenvalue weighted by molar-refractivity contribution is 0.0697. The molecule has 0 atom stereocenters. The highest BCUT2D eigenvalue weighted by Crippen LogP contribution is 2.22. The first kappa shape index (κ1) is 14.1. The van der Waals surface area contributed by atoms with Crippen molar-refractivity contribution < 1.29 is 18.3 Å². The fourth-order valence-corrected chi connectivity index (χ4v) is 3.69. The lowest BCUT2D eigenvalue weighted by Gasteiger charge is -2.23. The molecule has 2 N–H and O–H groups in total. The zero-order valence-corrected chi connectivity index (χ0v) is 11.5. The SMILES string of the molecule is CCC(C)(C)NS(=O)(=O)c1cc(C(=O)O)cs1. The van der Waals surface area contributed by atoms with Gasteiger partial charge in [0.1, 0.15) is 4.21 Å². The van der Waals surface area contributed by atoms with E-state index in [1.54, 1.807) is 13.8 Å². The number of carbonyl (C=O) groups is 1. The molecule has 0 unspecified atom stereocenters. The Morgan fingerprint density at radius 1 is 1.53 bits per heavy atom. The molecule has 1 heterocycles. The van der Waals surface area contributed by atoms with E-state index < -0.39 is 21.5 Å². The normalized spacial score (nSPS) is 12.6. The van der Waals surface area contributed by atoms with Crippen LogP contribution in [0, 0.1) is 0 Å².